The van der Waals surface area contributed by atoms with Crippen molar-refractivity contribution in [2.45, 2.75) is 19.8 Å². The van der Waals surface area contributed by atoms with Crippen molar-refractivity contribution in [2.24, 2.45) is 0 Å². The lowest BCUT2D eigenvalue weighted by atomic mass is 10.1. The zero-order valence-electron chi connectivity index (χ0n) is 11.9. The number of ether oxygens (including phenoxy) is 1. The van der Waals surface area contributed by atoms with Crippen LogP contribution in [0.1, 0.15) is 19.8 Å². The molecule has 0 atom stereocenters. The fraction of sp³-hybridized carbons (Fsp3) is 0.250. The van der Waals surface area contributed by atoms with Crippen LogP contribution >= 0.6 is 0 Å². The highest BCUT2D eigenvalue weighted by atomic mass is 16.5. The summed E-state index contributed by atoms with van der Waals surface area (Å²) in [6.07, 6.45) is 1.11. The summed E-state index contributed by atoms with van der Waals surface area (Å²) in [4.78, 5) is 22.8. The second kappa shape index (κ2) is 7.28. The molecule has 0 spiro atoms. The minimum atomic E-state index is -0.396. The van der Waals surface area contributed by atoms with Crippen molar-refractivity contribution in [3.05, 3.63) is 42.5 Å². The van der Waals surface area contributed by atoms with Gasteiger partial charge < -0.3 is 4.74 Å². The van der Waals surface area contributed by atoms with Crippen LogP contribution in [0.25, 0.3) is 10.8 Å². The molecule has 0 heterocycles. The monoisotopic (exact) mass is 286 g/mol. The Morgan fingerprint density at radius 1 is 1.00 bits per heavy atom. The van der Waals surface area contributed by atoms with Crippen molar-refractivity contribution >= 4 is 22.6 Å². The van der Waals surface area contributed by atoms with Crippen molar-refractivity contribution in [1.29, 1.82) is 0 Å². The van der Waals surface area contributed by atoms with Gasteiger partial charge in [-0.3, -0.25) is 20.4 Å². The van der Waals surface area contributed by atoms with E-state index in [4.69, 9.17) is 4.74 Å². The third-order valence-electron chi connectivity index (χ3n) is 2.93. The number of nitrogens with one attached hydrogen (secondary N) is 2. The summed E-state index contributed by atoms with van der Waals surface area (Å²) in [6.45, 7) is 1.74. The maximum Gasteiger partial charge on any atom is 0.276 e. The van der Waals surface area contributed by atoms with Gasteiger partial charge in [-0.25, -0.2) is 0 Å². The highest BCUT2D eigenvalue weighted by Crippen LogP contribution is 2.24. The van der Waals surface area contributed by atoms with Crippen LogP contribution in [0.3, 0.4) is 0 Å². The van der Waals surface area contributed by atoms with Crippen molar-refractivity contribution in [1.82, 2.24) is 10.9 Å². The van der Waals surface area contributed by atoms with Gasteiger partial charge in [0.15, 0.2) is 6.61 Å². The van der Waals surface area contributed by atoms with Gasteiger partial charge >= 0.3 is 0 Å². The Morgan fingerprint density at radius 2 is 1.71 bits per heavy atom. The third-order valence-corrected chi connectivity index (χ3v) is 2.93. The minimum Gasteiger partial charge on any atom is -0.483 e. The molecular formula is C16H18N2O3. The van der Waals surface area contributed by atoms with Crippen LogP contribution in [-0.4, -0.2) is 18.4 Å². The molecule has 2 rings (SSSR count). The summed E-state index contributed by atoms with van der Waals surface area (Å²) in [6, 6.07) is 13.4. The summed E-state index contributed by atoms with van der Waals surface area (Å²) >= 11 is 0. The number of fused-ring (bicyclic) bond motifs is 1. The van der Waals surface area contributed by atoms with Crippen LogP contribution in [0.5, 0.6) is 5.75 Å². The van der Waals surface area contributed by atoms with Crippen LogP contribution in [0.4, 0.5) is 0 Å². The molecule has 0 saturated carbocycles. The lowest BCUT2D eigenvalue weighted by molar-refractivity contribution is -0.130. The van der Waals surface area contributed by atoms with Crippen molar-refractivity contribution in [2.75, 3.05) is 6.61 Å². The molecule has 5 nitrogen and oxygen atoms in total. The minimum absolute atomic E-state index is 0.152. The number of benzene rings is 2. The molecule has 0 aromatic heterocycles. The molecule has 110 valence electrons. The number of hydrogen-bond acceptors (Lipinski definition) is 3. The third kappa shape index (κ3) is 4.21. The van der Waals surface area contributed by atoms with E-state index in [0.29, 0.717) is 12.2 Å². The van der Waals surface area contributed by atoms with E-state index in [1.165, 1.54) is 0 Å². The molecule has 21 heavy (non-hydrogen) atoms. The molecule has 0 aliphatic rings. The summed E-state index contributed by atoms with van der Waals surface area (Å²) in [7, 11) is 0. The topological polar surface area (TPSA) is 67.4 Å². The molecule has 0 unspecified atom stereocenters. The van der Waals surface area contributed by atoms with Gasteiger partial charge in [0.25, 0.3) is 5.91 Å². The summed E-state index contributed by atoms with van der Waals surface area (Å²) in [5.41, 5.74) is 4.66. The standard InChI is InChI=1S/C16H18N2O3/c1-2-6-15(19)17-18-16(20)11-21-14-10-5-8-12-7-3-4-9-13(12)14/h3-5,7-10H,2,6,11H2,1H3,(H,17,19)(H,18,20). The van der Waals surface area contributed by atoms with E-state index in [0.717, 1.165) is 17.2 Å². The lowest BCUT2D eigenvalue weighted by Crippen LogP contribution is -2.43. The van der Waals surface area contributed by atoms with Crippen LogP contribution in [0.15, 0.2) is 42.5 Å². The van der Waals surface area contributed by atoms with Gasteiger partial charge in [0.05, 0.1) is 0 Å². The molecule has 0 saturated heterocycles. The Balaban J connectivity index is 1.90. The van der Waals surface area contributed by atoms with Gasteiger partial charge in [0, 0.05) is 11.8 Å². The maximum atomic E-state index is 11.6. The van der Waals surface area contributed by atoms with E-state index in [-0.39, 0.29) is 12.5 Å². The molecule has 0 fully saturated rings. The molecule has 0 radical (unpaired) electrons. The Kier molecular flexibility index (Phi) is 5.15. The zero-order chi connectivity index (χ0) is 15.1. The largest absolute Gasteiger partial charge is 0.483 e. The number of hydrogen-bond donors (Lipinski definition) is 2. The molecular weight excluding hydrogens is 268 g/mol. The van der Waals surface area contributed by atoms with Gasteiger partial charge in [-0.2, -0.15) is 0 Å². The SMILES string of the molecule is CCCC(=O)NNC(=O)COc1cccc2ccccc12. The molecule has 0 bridgehead atoms. The highest BCUT2D eigenvalue weighted by Gasteiger charge is 2.06. The van der Waals surface area contributed by atoms with Crippen molar-refractivity contribution in [3.63, 3.8) is 0 Å². The lowest BCUT2D eigenvalue weighted by Gasteiger charge is -2.10. The zero-order valence-corrected chi connectivity index (χ0v) is 11.9. The van der Waals surface area contributed by atoms with Gasteiger partial charge in [-0.15, -0.1) is 0 Å². The smallest absolute Gasteiger partial charge is 0.276 e. The van der Waals surface area contributed by atoms with Crippen LogP contribution in [-0.2, 0) is 9.59 Å². The Hall–Kier alpha value is -2.56. The Labute approximate surface area is 123 Å². The van der Waals surface area contributed by atoms with Gasteiger partial charge in [-0.1, -0.05) is 43.3 Å². The second-order valence-corrected chi connectivity index (χ2v) is 4.61. The van der Waals surface area contributed by atoms with E-state index >= 15 is 0 Å². The van der Waals surface area contributed by atoms with Gasteiger partial charge in [0.1, 0.15) is 5.75 Å². The van der Waals surface area contributed by atoms with Crippen LogP contribution < -0.4 is 15.6 Å². The Bertz CT molecular complexity index is 635. The number of rotatable bonds is 5. The fourth-order valence-electron chi connectivity index (χ4n) is 1.93. The van der Waals surface area contributed by atoms with E-state index in [9.17, 15) is 9.59 Å². The quantitative estimate of drug-likeness (QED) is 0.828. The number of carbonyl (C=O) groups is 2. The van der Waals surface area contributed by atoms with Crippen molar-refractivity contribution in [3.8, 4) is 5.75 Å². The van der Waals surface area contributed by atoms with Crippen molar-refractivity contribution < 1.29 is 14.3 Å². The summed E-state index contributed by atoms with van der Waals surface area (Å²) in [5, 5.41) is 1.99. The fourth-order valence-corrected chi connectivity index (χ4v) is 1.93. The second-order valence-electron chi connectivity index (χ2n) is 4.61. The molecule has 5 heteroatoms. The van der Waals surface area contributed by atoms with E-state index in [1.807, 2.05) is 49.4 Å². The first-order chi connectivity index (χ1) is 10.2. The number of hydrazine groups is 1. The van der Waals surface area contributed by atoms with Gasteiger partial charge in [0.2, 0.25) is 5.91 Å². The molecule has 2 aromatic carbocycles. The highest BCUT2D eigenvalue weighted by molar-refractivity contribution is 5.89. The van der Waals surface area contributed by atoms with E-state index < -0.39 is 5.91 Å². The van der Waals surface area contributed by atoms with Crippen LogP contribution in [0.2, 0.25) is 0 Å². The first-order valence-electron chi connectivity index (χ1n) is 6.89. The first-order valence-corrected chi connectivity index (χ1v) is 6.89. The first kappa shape index (κ1) is 14.8. The predicted molar refractivity (Wildman–Crippen MR) is 80.6 cm³/mol. The summed E-state index contributed by atoms with van der Waals surface area (Å²) in [5.74, 6) is 0.0338. The predicted octanol–water partition coefficient (Wildman–Crippen LogP) is 2.17. The average molecular weight is 286 g/mol. The van der Waals surface area contributed by atoms with E-state index in [2.05, 4.69) is 10.9 Å². The van der Waals surface area contributed by atoms with E-state index in [1.54, 1.807) is 0 Å². The molecule has 0 aliphatic heterocycles. The normalized spacial score (nSPS) is 10.1. The van der Waals surface area contributed by atoms with Gasteiger partial charge in [-0.05, 0) is 17.9 Å². The van der Waals surface area contributed by atoms with Crippen LogP contribution in [0, 0.1) is 0 Å². The molecule has 2 N–H and O–H groups in total. The number of amides is 2. The molecule has 0 aliphatic carbocycles. The summed E-state index contributed by atoms with van der Waals surface area (Å²) < 4.78 is 5.51. The molecule has 2 aromatic rings. The maximum absolute atomic E-state index is 11.6. The Morgan fingerprint density at radius 3 is 2.52 bits per heavy atom. The number of carbonyl (C=O) groups excluding carboxylic acids is 2. The average Bonchev–Trinajstić information content (AvgIpc) is 2.51. The molecule has 2 amide bonds.